The summed E-state index contributed by atoms with van der Waals surface area (Å²) in [4.78, 5) is 25.7. The van der Waals surface area contributed by atoms with Gasteiger partial charge in [-0.15, -0.1) is 0 Å². The highest BCUT2D eigenvalue weighted by Gasteiger charge is 2.40. The van der Waals surface area contributed by atoms with E-state index in [1.807, 2.05) is 6.07 Å². The van der Waals surface area contributed by atoms with Crippen LogP contribution in [-0.4, -0.2) is 12.6 Å². The van der Waals surface area contributed by atoms with E-state index >= 15 is 0 Å². The topological polar surface area (TPSA) is 75.0 Å². The van der Waals surface area contributed by atoms with E-state index in [1.165, 1.54) is 36.4 Å². The molecule has 0 aliphatic heterocycles. The molecule has 0 saturated heterocycles. The van der Waals surface area contributed by atoms with E-state index in [2.05, 4.69) is 6.92 Å². The van der Waals surface area contributed by atoms with E-state index in [0.29, 0.717) is 12.4 Å². The van der Waals surface area contributed by atoms with Crippen LogP contribution in [0.5, 0.6) is 23.0 Å². The summed E-state index contributed by atoms with van der Waals surface area (Å²) in [5, 5.41) is -0.160. The van der Waals surface area contributed by atoms with Crippen molar-refractivity contribution in [2.24, 2.45) is 0 Å². The highest BCUT2D eigenvalue weighted by Crippen LogP contribution is 2.39. The smallest absolute Gasteiger partial charge is 0.453 e. The van der Waals surface area contributed by atoms with Crippen LogP contribution in [0.1, 0.15) is 59.9 Å². The number of hydrogen-bond acceptors (Lipinski definition) is 6. The average Bonchev–Trinajstić information content (AvgIpc) is 2.89. The van der Waals surface area contributed by atoms with E-state index < -0.39 is 34.7 Å². The Morgan fingerprint density at radius 2 is 1.52 bits per heavy atom. The van der Waals surface area contributed by atoms with Gasteiger partial charge in [-0.25, -0.2) is 4.79 Å². The molecule has 6 nitrogen and oxygen atoms in total. The summed E-state index contributed by atoms with van der Waals surface area (Å²) in [6, 6.07) is 14.8. The first kappa shape index (κ1) is 28.7. The van der Waals surface area contributed by atoms with Crippen molar-refractivity contribution in [2.75, 3.05) is 6.61 Å². The van der Waals surface area contributed by atoms with Crippen LogP contribution in [-0.2, 0) is 6.18 Å². The van der Waals surface area contributed by atoms with Gasteiger partial charge in [-0.3, -0.25) is 4.79 Å². The van der Waals surface area contributed by atoms with Gasteiger partial charge >= 0.3 is 12.1 Å². The van der Waals surface area contributed by atoms with E-state index in [9.17, 15) is 22.8 Å². The molecule has 40 heavy (non-hydrogen) atoms. The fraction of sp³-hybridized carbons (Fsp3) is 0.290. The number of carbonyl (C=O) groups is 1. The fourth-order valence-electron chi connectivity index (χ4n) is 4.18. The third-order valence-electron chi connectivity index (χ3n) is 6.06. The summed E-state index contributed by atoms with van der Waals surface area (Å²) in [5.41, 5.74) is 0.320. The molecule has 0 fully saturated rings. The maximum Gasteiger partial charge on any atom is 0.453 e. The number of esters is 1. The standard InChI is InChI=1S/C31H29F3O6/c1-4-5-6-7-14-37-22-10-8-21(9-11-22)30(36)39-23-12-13-25-26(18-23)40-29(31(32,33)34)28(27(25)35)38-24-16-19(2)15-20(3)17-24/h8-13,15-18H,4-7,14H2,1-3H3. The molecule has 0 aliphatic carbocycles. The van der Waals surface area contributed by atoms with Crippen molar-refractivity contribution in [3.05, 3.63) is 93.3 Å². The molecule has 1 aromatic heterocycles. The van der Waals surface area contributed by atoms with Gasteiger partial charge in [0.25, 0.3) is 5.76 Å². The summed E-state index contributed by atoms with van der Waals surface area (Å²) in [7, 11) is 0. The van der Waals surface area contributed by atoms with Gasteiger partial charge < -0.3 is 18.6 Å². The first-order chi connectivity index (χ1) is 19.0. The van der Waals surface area contributed by atoms with Crippen molar-refractivity contribution in [1.29, 1.82) is 0 Å². The fourth-order valence-corrected chi connectivity index (χ4v) is 4.18. The van der Waals surface area contributed by atoms with Gasteiger partial charge in [0.05, 0.1) is 17.6 Å². The van der Waals surface area contributed by atoms with Crippen LogP contribution in [0.15, 0.2) is 69.9 Å². The molecular formula is C31H29F3O6. The van der Waals surface area contributed by atoms with Crippen molar-refractivity contribution in [3.8, 4) is 23.0 Å². The van der Waals surface area contributed by atoms with Crippen LogP contribution in [0.3, 0.4) is 0 Å². The lowest BCUT2D eigenvalue weighted by molar-refractivity contribution is -0.154. The Balaban J connectivity index is 1.56. The minimum atomic E-state index is -5.02. The Kier molecular flexibility index (Phi) is 8.82. The molecule has 0 bridgehead atoms. The molecule has 4 rings (SSSR count). The van der Waals surface area contributed by atoms with Gasteiger partial charge in [-0.2, -0.15) is 13.2 Å². The summed E-state index contributed by atoms with van der Waals surface area (Å²) in [6.45, 7) is 6.22. The van der Waals surface area contributed by atoms with Crippen LogP contribution in [0.2, 0.25) is 0 Å². The molecule has 0 saturated carbocycles. The van der Waals surface area contributed by atoms with E-state index in [0.717, 1.165) is 42.9 Å². The van der Waals surface area contributed by atoms with E-state index in [1.54, 1.807) is 26.0 Å². The lowest BCUT2D eigenvalue weighted by Gasteiger charge is -2.14. The Labute approximate surface area is 229 Å². The predicted molar refractivity (Wildman–Crippen MR) is 145 cm³/mol. The highest BCUT2D eigenvalue weighted by atomic mass is 19.4. The second kappa shape index (κ2) is 12.3. The summed E-state index contributed by atoms with van der Waals surface area (Å²) < 4.78 is 63.3. The molecule has 4 aromatic rings. The molecular weight excluding hydrogens is 525 g/mol. The third-order valence-corrected chi connectivity index (χ3v) is 6.06. The van der Waals surface area contributed by atoms with Crippen LogP contribution >= 0.6 is 0 Å². The SMILES string of the molecule is CCCCCCOc1ccc(C(=O)Oc2ccc3c(=O)c(Oc4cc(C)cc(C)c4)c(C(F)(F)F)oc3c2)cc1. The van der Waals surface area contributed by atoms with Gasteiger partial charge in [-0.05, 0) is 79.9 Å². The largest absolute Gasteiger partial charge is 0.494 e. The number of halogens is 3. The van der Waals surface area contributed by atoms with Crippen molar-refractivity contribution < 1.29 is 36.6 Å². The number of unbranched alkanes of at least 4 members (excludes halogenated alkanes) is 3. The van der Waals surface area contributed by atoms with E-state index in [4.69, 9.17) is 18.6 Å². The molecule has 9 heteroatoms. The van der Waals surface area contributed by atoms with Gasteiger partial charge in [0.1, 0.15) is 22.8 Å². The summed E-state index contributed by atoms with van der Waals surface area (Å²) in [6.07, 6.45) is -0.726. The number of hydrogen-bond donors (Lipinski definition) is 0. The average molecular weight is 555 g/mol. The summed E-state index contributed by atoms with van der Waals surface area (Å²) in [5.74, 6) is -2.69. The lowest BCUT2D eigenvalue weighted by Crippen LogP contribution is -2.15. The van der Waals surface area contributed by atoms with Crippen molar-refractivity contribution in [1.82, 2.24) is 0 Å². The molecule has 0 atom stereocenters. The second-order valence-corrected chi connectivity index (χ2v) is 9.49. The molecule has 0 radical (unpaired) electrons. The minimum absolute atomic E-state index is 0.0770. The van der Waals surface area contributed by atoms with Crippen molar-refractivity contribution in [3.63, 3.8) is 0 Å². The molecule has 0 unspecified atom stereocenters. The predicted octanol–water partition coefficient (Wildman–Crippen LogP) is 8.40. The van der Waals surface area contributed by atoms with Gasteiger partial charge in [0, 0.05) is 6.07 Å². The summed E-state index contributed by atoms with van der Waals surface area (Å²) >= 11 is 0. The van der Waals surface area contributed by atoms with Gasteiger partial charge in [-0.1, -0.05) is 32.3 Å². The number of ether oxygens (including phenoxy) is 3. The number of alkyl halides is 3. The monoisotopic (exact) mass is 554 g/mol. The number of benzene rings is 3. The van der Waals surface area contributed by atoms with Crippen LogP contribution in [0, 0.1) is 13.8 Å². The molecule has 1 heterocycles. The molecule has 3 aromatic carbocycles. The van der Waals surface area contributed by atoms with Crippen molar-refractivity contribution >= 4 is 16.9 Å². The lowest BCUT2D eigenvalue weighted by atomic mass is 10.1. The second-order valence-electron chi connectivity index (χ2n) is 9.49. The van der Waals surface area contributed by atoms with Gasteiger partial charge in [0.15, 0.2) is 0 Å². The highest BCUT2D eigenvalue weighted by molar-refractivity contribution is 5.91. The minimum Gasteiger partial charge on any atom is -0.494 e. The Hall–Kier alpha value is -4.27. The zero-order chi connectivity index (χ0) is 28.9. The first-order valence-corrected chi connectivity index (χ1v) is 12.9. The molecule has 0 spiro atoms. The van der Waals surface area contributed by atoms with Crippen LogP contribution in [0.4, 0.5) is 13.2 Å². The Morgan fingerprint density at radius 3 is 2.17 bits per heavy atom. The first-order valence-electron chi connectivity index (χ1n) is 12.9. The molecule has 0 N–H and O–H groups in total. The zero-order valence-electron chi connectivity index (χ0n) is 22.4. The zero-order valence-corrected chi connectivity index (χ0v) is 22.4. The van der Waals surface area contributed by atoms with Crippen LogP contribution < -0.4 is 19.6 Å². The van der Waals surface area contributed by atoms with Gasteiger partial charge in [0.2, 0.25) is 11.2 Å². The Morgan fingerprint density at radius 1 is 0.850 bits per heavy atom. The maximum absolute atomic E-state index is 13.9. The quantitative estimate of drug-likeness (QED) is 0.111. The third kappa shape index (κ3) is 7.02. The van der Waals surface area contributed by atoms with Crippen molar-refractivity contribution in [2.45, 2.75) is 52.6 Å². The molecule has 0 aliphatic rings. The normalized spacial score (nSPS) is 11.4. The van der Waals surface area contributed by atoms with Crippen LogP contribution in [0.25, 0.3) is 11.0 Å². The Bertz CT molecular complexity index is 1530. The maximum atomic E-state index is 13.9. The number of fused-ring (bicyclic) bond motifs is 1. The molecule has 0 amide bonds. The number of rotatable bonds is 10. The number of aryl methyl sites for hydroxylation is 2. The number of carbonyl (C=O) groups excluding carboxylic acids is 1. The molecule has 210 valence electrons. The van der Waals surface area contributed by atoms with E-state index in [-0.39, 0.29) is 22.4 Å².